The minimum Gasteiger partial charge on any atom is -0.493 e. The van der Waals surface area contributed by atoms with E-state index in [0.717, 1.165) is 27.9 Å². The number of benzene rings is 2. The zero-order valence-electron chi connectivity index (χ0n) is 18.7. The summed E-state index contributed by atoms with van der Waals surface area (Å²) in [5.74, 6) is -0.0288. The second-order valence-corrected chi connectivity index (χ2v) is 10.8. The van der Waals surface area contributed by atoms with Crippen molar-refractivity contribution in [3.8, 4) is 11.5 Å². The molecule has 0 atom stereocenters. The molecule has 2 aromatic rings. The van der Waals surface area contributed by atoms with Crippen LogP contribution in [0.1, 0.15) is 23.6 Å². The second kappa shape index (κ2) is 9.43. The van der Waals surface area contributed by atoms with Crippen LogP contribution in [0.25, 0.3) is 6.08 Å². The molecule has 4 rings (SSSR count). The summed E-state index contributed by atoms with van der Waals surface area (Å²) >= 11 is 0.767. The molecule has 1 N–H and O–H groups in total. The van der Waals surface area contributed by atoms with E-state index in [2.05, 4.69) is 10.1 Å². The molecule has 0 aromatic heterocycles. The molecule has 2 aromatic carbocycles. The van der Waals surface area contributed by atoms with E-state index in [1.165, 1.54) is 20.1 Å². The number of amidine groups is 2. The Morgan fingerprint density at radius 2 is 1.94 bits per heavy atom. The van der Waals surface area contributed by atoms with E-state index in [0.29, 0.717) is 23.7 Å². The molecular formula is C23H22N4O5S2. The Bertz CT molecular complexity index is 1380. The third-order valence-corrected chi connectivity index (χ3v) is 8.31. The second-order valence-electron chi connectivity index (χ2n) is 7.41. The van der Waals surface area contributed by atoms with Crippen molar-refractivity contribution in [2.45, 2.75) is 20.5 Å². The lowest BCUT2D eigenvalue weighted by Gasteiger charge is -2.20. The number of nitrogens with zero attached hydrogens (tertiary/aromatic N) is 3. The van der Waals surface area contributed by atoms with Crippen molar-refractivity contribution in [1.82, 2.24) is 5.01 Å². The zero-order valence-corrected chi connectivity index (χ0v) is 20.4. The first-order valence-corrected chi connectivity index (χ1v) is 12.8. The molecular weight excluding hydrogens is 476 g/mol. The predicted octanol–water partition coefficient (Wildman–Crippen LogP) is 3.59. The third-order valence-electron chi connectivity index (χ3n) is 5.23. The first-order valence-electron chi connectivity index (χ1n) is 10.3. The van der Waals surface area contributed by atoms with E-state index >= 15 is 0 Å². The van der Waals surface area contributed by atoms with Crippen molar-refractivity contribution in [3.63, 3.8) is 0 Å². The van der Waals surface area contributed by atoms with E-state index in [4.69, 9.17) is 14.9 Å². The molecule has 0 fully saturated rings. The number of nitrogens with one attached hydrogen (secondary N) is 1. The number of thioether (sulfide) groups is 1. The quantitative estimate of drug-likeness (QED) is 0.604. The Kier molecular flexibility index (Phi) is 6.58. The van der Waals surface area contributed by atoms with Gasteiger partial charge in [0.1, 0.15) is 6.61 Å². The minimum absolute atomic E-state index is 0.0149. The number of sulfone groups is 1. The van der Waals surface area contributed by atoms with Gasteiger partial charge in [-0.15, -0.1) is 5.10 Å². The highest BCUT2D eigenvalue weighted by atomic mass is 32.3. The van der Waals surface area contributed by atoms with Gasteiger partial charge in [-0.05, 0) is 53.6 Å². The third kappa shape index (κ3) is 4.62. The van der Waals surface area contributed by atoms with E-state index in [-0.39, 0.29) is 26.7 Å². The number of rotatable bonds is 6. The highest BCUT2D eigenvalue weighted by Gasteiger charge is 2.39. The number of ether oxygens (including phenoxy) is 2. The van der Waals surface area contributed by atoms with Crippen LogP contribution in [0.4, 0.5) is 0 Å². The minimum atomic E-state index is -3.58. The number of methoxy groups -OCH3 is 1. The number of aryl methyl sites for hydroxylation is 1. The largest absolute Gasteiger partial charge is 0.493 e. The van der Waals surface area contributed by atoms with Crippen LogP contribution >= 0.6 is 11.8 Å². The lowest BCUT2D eigenvalue weighted by molar-refractivity contribution is -0.114. The molecule has 0 radical (unpaired) electrons. The first-order chi connectivity index (χ1) is 16.2. The average molecular weight is 499 g/mol. The molecule has 0 bridgehead atoms. The maximum absolute atomic E-state index is 12.6. The Hall–Kier alpha value is -3.44. The monoisotopic (exact) mass is 498 g/mol. The number of carbonyl (C=O) groups is 1. The standard InChI is InChI=1S/C23H22N4O5S2/c1-4-34(29,30)23-26-27-20(24)17(21(28)25-22(27)33-23)11-15-9-10-18(19(12-15)31-3)32-13-16-8-6-5-7-14(16)2/h5-12,24H,4,13H2,1-3H3/b17-11-,24-20?. The summed E-state index contributed by atoms with van der Waals surface area (Å²) in [5.41, 5.74) is 2.75. The highest BCUT2D eigenvalue weighted by Crippen LogP contribution is 2.33. The maximum atomic E-state index is 12.6. The smallest absolute Gasteiger partial charge is 0.283 e. The molecule has 9 nitrogen and oxygen atoms in total. The van der Waals surface area contributed by atoms with Crippen LogP contribution in [0.3, 0.4) is 0 Å². The van der Waals surface area contributed by atoms with Crippen molar-refractivity contribution in [2.24, 2.45) is 10.1 Å². The summed E-state index contributed by atoms with van der Waals surface area (Å²) in [6.45, 7) is 3.89. The highest BCUT2D eigenvalue weighted by molar-refractivity contribution is 8.42. The van der Waals surface area contributed by atoms with Crippen molar-refractivity contribution in [2.75, 3.05) is 12.9 Å². The van der Waals surface area contributed by atoms with Crippen LogP contribution in [0, 0.1) is 12.3 Å². The van der Waals surface area contributed by atoms with Gasteiger partial charge in [0.25, 0.3) is 5.91 Å². The Balaban J connectivity index is 1.59. The van der Waals surface area contributed by atoms with Crippen molar-refractivity contribution < 1.29 is 22.7 Å². The molecule has 2 aliphatic heterocycles. The molecule has 1 amide bonds. The molecule has 0 saturated carbocycles. The lowest BCUT2D eigenvalue weighted by atomic mass is 10.1. The van der Waals surface area contributed by atoms with Gasteiger partial charge in [-0.3, -0.25) is 10.2 Å². The zero-order chi connectivity index (χ0) is 24.5. The first kappa shape index (κ1) is 23.7. The fourth-order valence-corrected chi connectivity index (χ4v) is 5.37. The summed E-state index contributed by atoms with van der Waals surface area (Å²) in [6.07, 6.45) is 1.49. The topological polar surface area (TPSA) is 121 Å². The van der Waals surface area contributed by atoms with Crippen LogP contribution in [0.15, 0.2) is 58.1 Å². The molecule has 0 aliphatic carbocycles. The van der Waals surface area contributed by atoms with Gasteiger partial charge in [0.15, 0.2) is 17.3 Å². The van der Waals surface area contributed by atoms with Gasteiger partial charge in [-0.2, -0.15) is 10.0 Å². The fourth-order valence-electron chi connectivity index (χ4n) is 3.21. The summed E-state index contributed by atoms with van der Waals surface area (Å²) in [5, 5.41) is 13.5. The number of hydrogen-bond donors (Lipinski definition) is 1. The van der Waals surface area contributed by atoms with Crippen LogP contribution in [0.2, 0.25) is 0 Å². The molecule has 0 saturated heterocycles. The number of amides is 1. The number of hydrogen-bond acceptors (Lipinski definition) is 8. The van der Waals surface area contributed by atoms with Gasteiger partial charge in [-0.1, -0.05) is 37.3 Å². The van der Waals surface area contributed by atoms with Gasteiger partial charge < -0.3 is 9.47 Å². The molecule has 34 heavy (non-hydrogen) atoms. The van der Waals surface area contributed by atoms with Crippen molar-refractivity contribution in [1.29, 1.82) is 5.41 Å². The maximum Gasteiger partial charge on any atom is 0.283 e. The van der Waals surface area contributed by atoms with Crippen LogP contribution in [-0.2, 0) is 21.2 Å². The van der Waals surface area contributed by atoms with E-state index in [1.54, 1.807) is 18.2 Å². The fraction of sp³-hybridized carbons (Fsp3) is 0.217. The van der Waals surface area contributed by atoms with Gasteiger partial charge >= 0.3 is 0 Å². The van der Waals surface area contributed by atoms with Gasteiger partial charge in [0, 0.05) is 0 Å². The van der Waals surface area contributed by atoms with Crippen molar-refractivity contribution >= 4 is 49.0 Å². The summed E-state index contributed by atoms with van der Waals surface area (Å²) in [6, 6.07) is 13.1. The van der Waals surface area contributed by atoms with Crippen LogP contribution in [0.5, 0.6) is 11.5 Å². The Morgan fingerprint density at radius 3 is 2.65 bits per heavy atom. The SMILES string of the molecule is CCS(=O)(=O)C1=NN2C(=N)/C(=C/c3ccc(OCc4ccccc4C)c(OC)c3)C(=O)N=C2S1. The lowest BCUT2D eigenvalue weighted by Crippen LogP contribution is -2.35. The molecule has 2 aliphatic rings. The van der Waals surface area contributed by atoms with Gasteiger partial charge in [0.2, 0.25) is 19.4 Å². The van der Waals surface area contributed by atoms with Gasteiger partial charge in [-0.25, -0.2) is 8.42 Å². The van der Waals surface area contributed by atoms with E-state index < -0.39 is 15.7 Å². The Morgan fingerprint density at radius 1 is 1.18 bits per heavy atom. The number of fused-ring (bicyclic) bond motifs is 1. The molecule has 0 spiro atoms. The van der Waals surface area contributed by atoms with Crippen LogP contribution in [-0.4, -0.2) is 47.6 Å². The van der Waals surface area contributed by atoms with Crippen molar-refractivity contribution in [3.05, 3.63) is 64.7 Å². The number of hydrazone groups is 1. The summed E-state index contributed by atoms with van der Waals surface area (Å²) in [4.78, 5) is 16.5. The summed E-state index contributed by atoms with van der Waals surface area (Å²) < 4.78 is 35.5. The Labute approximate surface area is 201 Å². The van der Waals surface area contributed by atoms with E-state index in [9.17, 15) is 13.2 Å². The molecule has 0 unspecified atom stereocenters. The molecule has 11 heteroatoms. The predicted molar refractivity (Wildman–Crippen MR) is 133 cm³/mol. The summed E-state index contributed by atoms with van der Waals surface area (Å²) in [7, 11) is -2.07. The normalized spacial score (nSPS) is 16.9. The number of aliphatic imine (C=N–C) groups is 1. The number of carbonyl (C=O) groups excluding carboxylic acids is 1. The van der Waals surface area contributed by atoms with E-state index in [1.807, 2.05) is 31.2 Å². The van der Waals surface area contributed by atoms with Crippen LogP contribution < -0.4 is 9.47 Å². The van der Waals surface area contributed by atoms with Gasteiger partial charge in [0.05, 0.1) is 18.4 Å². The average Bonchev–Trinajstić information content (AvgIpc) is 3.26. The molecule has 176 valence electrons. The molecule has 2 heterocycles.